The predicted molar refractivity (Wildman–Crippen MR) is 133 cm³/mol. The summed E-state index contributed by atoms with van der Waals surface area (Å²) in [5.41, 5.74) is 2.78. The highest BCUT2D eigenvalue weighted by atomic mass is 79.9. The van der Waals surface area contributed by atoms with Crippen LogP contribution < -0.4 is 4.74 Å². The van der Waals surface area contributed by atoms with Crippen LogP contribution in [0.5, 0.6) is 5.75 Å². The predicted octanol–water partition coefficient (Wildman–Crippen LogP) is 5.34. The molecule has 34 heavy (non-hydrogen) atoms. The van der Waals surface area contributed by atoms with Gasteiger partial charge in [-0.1, -0.05) is 46.8 Å². The molecule has 0 radical (unpaired) electrons. The van der Waals surface area contributed by atoms with Gasteiger partial charge in [0, 0.05) is 29.0 Å². The van der Waals surface area contributed by atoms with E-state index in [0.29, 0.717) is 17.9 Å². The second kappa shape index (κ2) is 10.1. The molecule has 0 aliphatic carbocycles. The monoisotopic (exact) mass is 518 g/mol. The van der Waals surface area contributed by atoms with Gasteiger partial charge in [0.25, 0.3) is 11.7 Å². The highest BCUT2D eigenvalue weighted by Gasteiger charge is 2.46. The van der Waals surface area contributed by atoms with E-state index in [9.17, 15) is 14.7 Å². The molecule has 1 unspecified atom stereocenters. The number of hydrogen-bond donors (Lipinski definition) is 1. The van der Waals surface area contributed by atoms with E-state index in [1.807, 2.05) is 37.3 Å². The lowest BCUT2D eigenvalue weighted by Gasteiger charge is -2.25. The number of carbonyl (C=O) groups is 2. The van der Waals surface area contributed by atoms with Crippen LogP contribution in [-0.4, -0.2) is 33.3 Å². The standard InChI is InChI=1S/C27H23BrN2O4/c1-3-13-34-22-11-8-20(14-17(22)2)25(31)23-24(19-6-9-21(28)10-7-19)30(27(33)26(23)32)16-18-5-4-12-29-15-18/h3-12,14-15,24,31H,1,13,16H2,2H3/b25-23-. The molecule has 0 spiro atoms. The van der Waals surface area contributed by atoms with Crippen LogP contribution >= 0.6 is 15.9 Å². The quantitative estimate of drug-likeness (QED) is 0.197. The highest BCUT2D eigenvalue weighted by molar-refractivity contribution is 9.10. The maximum Gasteiger partial charge on any atom is 0.295 e. The summed E-state index contributed by atoms with van der Waals surface area (Å²) in [6, 6.07) is 15.4. The molecule has 1 aliphatic heterocycles. The average Bonchev–Trinajstić information content (AvgIpc) is 3.09. The summed E-state index contributed by atoms with van der Waals surface area (Å²) < 4.78 is 6.48. The number of hydrogen-bond acceptors (Lipinski definition) is 5. The number of carbonyl (C=O) groups excluding carboxylic acids is 2. The first-order valence-corrected chi connectivity index (χ1v) is 11.5. The van der Waals surface area contributed by atoms with Crippen LogP contribution in [-0.2, 0) is 16.1 Å². The Kier molecular flexibility index (Phi) is 6.93. The average molecular weight is 519 g/mol. The summed E-state index contributed by atoms with van der Waals surface area (Å²) in [7, 11) is 0. The van der Waals surface area contributed by atoms with Crippen LogP contribution in [0.15, 0.2) is 89.7 Å². The molecule has 7 heteroatoms. The van der Waals surface area contributed by atoms with E-state index in [1.54, 1.807) is 42.7 Å². The lowest BCUT2D eigenvalue weighted by Crippen LogP contribution is -2.29. The third-order valence-corrected chi connectivity index (χ3v) is 6.14. The van der Waals surface area contributed by atoms with Crippen molar-refractivity contribution in [2.45, 2.75) is 19.5 Å². The molecule has 1 atom stereocenters. The molecule has 1 fully saturated rings. The number of Topliss-reactive ketones (excluding diaryl/α,β-unsaturated/α-hetero) is 1. The van der Waals surface area contributed by atoms with Crippen molar-refractivity contribution < 1.29 is 19.4 Å². The number of halogens is 1. The van der Waals surface area contributed by atoms with Crippen molar-refractivity contribution in [3.05, 3.63) is 112 Å². The first-order valence-electron chi connectivity index (χ1n) is 10.7. The second-order valence-corrected chi connectivity index (χ2v) is 8.84. The zero-order chi connectivity index (χ0) is 24.2. The number of aliphatic hydroxyl groups excluding tert-OH is 1. The molecule has 0 saturated carbocycles. The number of benzene rings is 2. The van der Waals surface area contributed by atoms with Crippen LogP contribution in [0, 0.1) is 6.92 Å². The van der Waals surface area contributed by atoms with Crippen molar-refractivity contribution in [2.24, 2.45) is 0 Å². The van der Waals surface area contributed by atoms with E-state index in [-0.39, 0.29) is 17.9 Å². The van der Waals surface area contributed by atoms with Crippen molar-refractivity contribution in [1.82, 2.24) is 9.88 Å². The van der Waals surface area contributed by atoms with Crippen LogP contribution in [0.2, 0.25) is 0 Å². The number of ether oxygens (including phenoxy) is 1. The number of ketones is 1. The maximum absolute atomic E-state index is 13.2. The van der Waals surface area contributed by atoms with Gasteiger partial charge in [-0.3, -0.25) is 14.6 Å². The Morgan fingerprint density at radius 2 is 1.97 bits per heavy atom. The molecule has 4 rings (SSSR count). The van der Waals surface area contributed by atoms with Crippen LogP contribution in [0.3, 0.4) is 0 Å². The normalized spacial score (nSPS) is 17.1. The summed E-state index contributed by atoms with van der Waals surface area (Å²) >= 11 is 3.42. The smallest absolute Gasteiger partial charge is 0.295 e. The van der Waals surface area contributed by atoms with Gasteiger partial charge < -0.3 is 14.7 Å². The molecule has 172 valence electrons. The summed E-state index contributed by atoms with van der Waals surface area (Å²) in [6.45, 7) is 6.03. The fourth-order valence-corrected chi connectivity index (χ4v) is 4.25. The van der Waals surface area contributed by atoms with E-state index in [1.165, 1.54) is 4.90 Å². The summed E-state index contributed by atoms with van der Waals surface area (Å²) in [4.78, 5) is 31.9. The Morgan fingerprint density at radius 3 is 2.62 bits per heavy atom. The minimum absolute atomic E-state index is 0.0513. The Hall–Kier alpha value is -3.71. The Bertz CT molecular complexity index is 1270. The van der Waals surface area contributed by atoms with Crippen molar-refractivity contribution in [1.29, 1.82) is 0 Å². The molecule has 1 amide bonds. The van der Waals surface area contributed by atoms with Crippen LogP contribution in [0.4, 0.5) is 0 Å². The first kappa shape index (κ1) is 23.4. The number of rotatable bonds is 7. The summed E-state index contributed by atoms with van der Waals surface area (Å²) in [5, 5.41) is 11.3. The molecule has 3 aromatic rings. The third kappa shape index (κ3) is 4.65. The Morgan fingerprint density at radius 1 is 1.21 bits per heavy atom. The van der Waals surface area contributed by atoms with Gasteiger partial charge in [-0.25, -0.2) is 0 Å². The molecule has 1 N–H and O–H groups in total. The molecule has 1 aromatic heterocycles. The number of amides is 1. The molecule has 6 nitrogen and oxygen atoms in total. The van der Waals surface area contributed by atoms with Gasteiger partial charge in [-0.05, 0) is 60.0 Å². The van der Waals surface area contributed by atoms with Gasteiger partial charge in [0.1, 0.15) is 18.1 Å². The summed E-state index contributed by atoms with van der Waals surface area (Å²) in [6.07, 6.45) is 4.95. The van der Waals surface area contributed by atoms with Gasteiger partial charge in [-0.15, -0.1) is 0 Å². The maximum atomic E-state index is 13.2. The van der Waals surface area contributed by atoms with E-state index in [2.05, 4.69) is 27.5 Å². The van der Waals surface area contributed by atoms with E-state index < -0.39 is 17.7 Å². The van der Waals surface area contributed by atoms with Gasteiger partial charge in [0.15, 0.2) is 0 Å². The topological polar surface area (TPSA) is 79.7 Å². The van der Waals surface area contributed by atoms with Gasteiger partial charge in [0.2, 0.25) is 0 Å². The third-order valence-electron chi connectivity index (χ3n) is 5.61. The Labute approximate surface area is 206 Å². The minimum Gasteiger partial charge on any atom is -0.507 e. The Balaban J connectivity index is 1.81. The summed E-state index contributed by atoms with van der Waals surface area (Å²) in [5.74, 6) is -0.962. The largest absolute Gasteiger partial charge is 0.507 e. The first-order chi connectivity index (χ1) is 16.4. The number of aliphatic hydroxyl groups is 1. The van der Waals surface area contributed by atoms with Gasteiger partial charge in [0.05, 0.1) is 11.6 Å². The van der Waals surface area contributed by atoms with Crippen molar-refractivity contribution in [3.8, 4) is 5.75 Å². The SMILES string of the molecule is C=CCOc1ccc(/C(O)=C2/C(=O)C(=O)N(Cc3cccnc3)C2c2ccc(Br)cc2)cc1C. The number of pyridine rings is 1. The van der Waals surface area contributed by atoms with Gasteiger partial charge >= 0.3 is 0 Å². The lowest BCUT2D eigenvalue weighted by atomic mass is 9.94. The van der Waals surface area contributed by atoms with Gasteiger partial charge in [-0.2, -0.15) is 0 Å². The minimum atomic E-state index is -0.745. The number of aryl methyl sites for hydroxylation is 1. The number of likely N-dealkylation sites (tertiary alicyclic amines) is 1. The molecule has 1 saturated heterocycles. The van der Waals surface area contributed by atoms with Crippen LogP contribution in [0.1, 0.15) is 28.3 Å². The fourth-order valence-electron chi connectivity index (χ4n) is 3.99. The zero-order valence-electron chi connectivity index (χ0n) is 18.6. The van der Waals surface area contributed by atoms with E-state index in [4.69, 9.17) is 4.74 Å². The van der Waals surface area contributed by atoms with Crippen molar-refractivity contribution in [2.75, 3.05) is 6.61 Å². The molecular weight excluding hydrogens is 496 g/mol. The number of aromatic nitrogens is 1. The molecular formula is C27H23BrN2O4. The molecule has 0 bridgehead atoms. The van der Waals surface area contributed by atoms with Crippen molar-refractivity contribution in [3.63, 3.8) is 0 Å². The van der Waals surface area contributed by atoms with Crippen LogP contribution in [0.25, 0.3) is 5.76 Å². The van der Waals surface area contributed by atoms with E-state index in [0.717, 1.165) is 21.2 Å². The fraction of sp³-hybridized carbons (Fsp3) is 0.148. The highest BCUT2D eigenvalue weighted by Crippen LogP contribution is 2.41. The number of nitrogens with zero attached hydrogens (tertiary/aromatic N) is 2. The van der Waals surface area contributed by atoms with E-state index >= 15 is 0 Å². The molecule has 1 aliphatic rings. The molecule has 2 aromatic carbocycles. The lowest BCUT2D eigenvalue weighted by molar-refractivity contribution is -0.140. The second-order valence-electron chi connectivity index (χ2n) is 7.92. The van der Waals surface area contributed by atoms with Crippen molar-refractivity contribution >= 4 is 33.4 Å². The molecule has 2 heterocycles. The zero-order valence-corrected chi connectivity index (χ0v) is 20.2.